The molecule has 5 aromatic carbocycles. The zero-order valence-electron chi connectivity index (χ0n) is 35.2. The maximum absolute atomic E-state index is 5.05. The second-order valence-corrected chi connectivity index (χ2v) is 17.2. The van der Waals surface area contributed by atoms with Crippen LogP contribution in [-0.2, 0) is 0 Å². The molecule has 8 rings (SSSR count). The van der Waals surface area contributed by atoms with Crippen LogP contribution in [0.15, 0.2) is 134 Å². The van der Waals surface area contributed by atoms with Crippen LogP contribution in [0.25, 0.3) is 34.2 Å². The maximum Gasteiger partial charge on any atom is 0.144 e. The summed E-state index contributed by atoms with van der Waals surface area (Å²) in [4.78, 5) is 15.0. The predicted octanol–water partition coefficient (Wildman–Crippen LogP) is 13.9. The van der Waals surface area contributed by atoms with Crippen LogP contribution in [0.5, 0.6) is 0 Å². The fourth-order valence-corrected chi connectivity index (χ4v) is 8.97. The minimum Gasteiger partial charge on any atom is -0.316 e. The Morgan fingerprint density at radius 3 is 1.37 bits per heavy atom. The van der Waals surface area contributed by atoms with Gasteiger partial charge in [-0.3, -0.25) is 9.13 Å². The molecule has 290 valence electrons. The fraction of sp³-hybridized carbons (Fsp3) is 0.294. The molecule has 2 aromatic heterocycles. The lowest BCUT2D eigenvalue weighted by Crippen LogP contribution is -2.48. The second kappa shape index (κ2) is 14.9. The molecule has 3 heterocycles. The summed E-state index contributed by atoms with van der Waals surface area (Å²) in [6, 6.07) is 40.0. The molecule has 0 N–H and O–H groups in total. The molecule has 6 nitrogen and oxygen atoms in total. The summed E-state index contributed by atoms with van der Waals surface area (Å²) >= 11 is 0. The van der Waals surface area contributed by atoms with Crippen molar-refractivity contribution in [1.29, 1.82) is 0 Å². The molecule has 0 atom stereocenters. The van der Waals surface area contributed by atoms with Crippen LogP contribution in [-0.4, -0.2) is 24.8 Å². The van der Waals surface area contributed by atoms with Gasteiger partial charge in [-0.05, 0) is 102 Å². The second-order valence-electron chi connectivity index (χ2n) is 17.2. The zero-order chi connectivity index (χ0) is 40.2. The lowest BCUT2D eigenvalue weighted by Gasteiger charge is -2.40. The number of imidazole rings is 2. The summed E-state index contributed by atoms with van der Waals surface area (Å²) in [7, 11) is 0. The van der Waals surface area contributed by atoms with Gasteiger partial charge in [0.05, 0.1) is 22.7 Å². The van der Waals surface area contributed by atoms with Gasteiger partial charge in [-0.25, -0.2) is 9.97 Å². The summed E-state index contributed by atoms with van der Waals surface area (Å²) in [5.74, 6) is 3.33. The van der Waals surface area contributed by atoms with Gasteiger partial charge in [0.15, 0.2) is 0 Å². The lowest BCUT2D eigenvalue weighted by atomic mass is 9.92. The van der Waals surface area contributed by atoms with Gasteiger partial charge in [-0.1, -0.05) is 122 Å². The molecule has 0 radical (unpaired) electrons. The fourth-order valence-electron chi connectivity index (χ4n) is 8.97. The topological polar surface area (TPSA) is 42.1 Å². The van der Waals surface area contributed by atoms with Gasteiger partial charge in [-0.2, -0.15) is 0 Å². The van der Waals surface area contributed by atoms with Crippen molar-refractivity contribution in [1.82, 2.24) is 19.1 Å². The van der Waals surface area contributed by atoms with Gasteiger partial charge in [0.1, 0.15) is 17.3 Å². The van der Waals surface area contributed by atoms with E-state index >= 15 is 0 Å². The minimum atomic E-state index is -0.462. The van der Waals surface area contributed by atoms with Crippen LogP contribution in [0.3, 0.4) is 0 Å². The number of rotatable bonds is 10. The van der Waals surface area contributed by atoms with Gasteiger partial charge >= 0.3 is 0 Å². The van der Waals surface area contributed by atoms with Crippen LogP contribution in [0, 0.1) is 0 Å². The number of hydrogen-bond donors (Lipinski definition) is 0. The van der Waals surface area contributed by atoms with E-state index < -0.39 is 5.66 Å². The largest absolute Gasteiger partial charge is 0.316 e. The molecule has 6 heteroatoms. The zero-order valence-corrected chi connectivity index (χ0v) is 35.2. The Balaban J connectivity index is 1.30. The van der Waals surface area contributed by atoms with Crippen LogP contribution in [0.1, 0.15) is 115 Å². The molecular weight excluding hydrogens is 697 g/mol. The third-order valence-electron chi connectivity index (χ3n) is 11.6. The molecule has 0 fully saturated rings. The standard InChI is InChI=1S/C51H56N6/c1-33(2)41-21-15-22-42(34(3)4)47(41)54-29-27-52-49(54)37-17-14-20-40(31-37)57-46-32-38(25-26-45(46)56(51(57,9)10)39-18-12-11-13-19-39)50-53-28-30-55(50)48-43(35(5)6)23-16-24-44(48)36(7)8/h11-36H,1-10H3. The van der Waals surface area contributed by atoms with Gasteiger partial charge in [-0.15, -0.1) is 0 Å². The van der Waals surface area contributed by atoms with E-state index in [1.54, 1.807) is 0 Å². The first-order valence-electron chi connectivity index (χ1n) is 20.6. The number of para-hydroxylation sites is 3. The molecule has 57 heavy (non-hydrogen) atoms. The highest BCUT2D eigenvalue weighted by molar-refractivity contribution is 5.92. The van der Waals surface area contributed by atoms with Crippen molar-refractivity contribution in [2.45, 2.75) is 98.6 Å². The Labute approximate surface area is 339 Å². The first-order valence-corrected chi connectivity index (χ1v) is 20.6. The number of benzene rings is 5. The van der Waals surface area contributed by atoms with E-state index in [2.05, 4.69) is 210 Å². The molecule has 1 aliphatic heterocycles. The Hall–Kier alpha value is -5.88. The molecule has 0 aliphatic carbocycles. The monoisotopic (exact) mass is 752 g/mol. The first-order chi connectivity index (χ1) is 27.4. The normalized spacial score (nSPS) is 13.8. The smallest absolute Gasteiger partial charge is 0.144 e. The van der Waals surface area contributed by atoms with Gasteiger partial charge in [0.25, 0.3) is 0 Å². The molecule has 0 bridgehead atoms. The average molecular weight is 753 g/mol. The first kappa shape index (κ1) is 38.0. The van der Waals surface area contributed by atoms with E-state index in [0.717, 1.165) is 45.5 Å². The molecule has 7 aromatic rings. The number of nitrogens with zero attached hydrogens (tertiary/aromatic N) is 6. The number of fused-ring (bicyclic) bond motifs is 1. The number of anilines is 4. The van der Waals surface area contributed by atoms with Gasteiger partial charge in [0, 0.05) is 47.3 Å². The highest BCUT2D eigenvalue weighted by Gasteiger charge is 2.44. The average Bonchev–Trinajstić information content (AvgIpc) is 3.93. The van der Waals surface area contributed by atoms with Crippen molar-refractivity contribution < 1.29 is 0 Å². The quantitative estimate of drug-likeness (QED) is 0.140. The SMILES string of the molecule is CC(C)c1cccc(C(C)C)c1-n1ccnc1-c1cccc(N2c3cc(-c4nccn4-c4c(C(C)C)cccc4C(C)C)ccc3N(c3ccccc3)C2(C)C)c1. The van der Waals surface area contributed by atoms with Crippen LogP contribution in [0.2, 0.25) is 0 Å². The van der Waals surface area contributed by atoms with Crippen LogP contribution < -0.4 is 9.80 Å². The highest BCUT2D eigenvalue weighted by atomic mass is 15.5. The number of hydrogen-bond acceptors (Lipinski definition) is 4. The maximum atomic E-state index is 5.05. The van der Waals surface area contributed by atoms with Crippen molar-refractivity contribution in [3.63, 3.8) is 0 Å². The summed E-state index contributed by atoms with van der Waals surface area (Å²) in [6.45, 7) is 22.8. The van der Waals surface area contributed by atoms with E-state index in [1.807, 2.05) is 12.4 Å². The van der Waals surface area contributed by atoms with Crippen molar-refractivity contribution >= 4 is 22.7 Å². The summed E-state index contributed by atoms with van der Waals surface area (Å²) in [5.41, 5.74) is 14.0. The molecule has 0 spiro atoms. The Morgan fingerprint density at radius 1 is 0.439 bits per heavy atom. The minimum absolute atomic E-state index is 0.364. The van der Waals surface area contributed by atoms with Crippen molar-refractivity contribution in [2.24, 2.45) is 0 Å². The number of aromatic nitrogens is 4. The van der Waals surface area contributed by atoms with Gasteiger partial charge < -0.3 is 9.80 Å². The Kier molecular flexibility index (Phi) is 9.93. The Morgan fingerprint density at radius 2 is 0.877 bits per heavy atom. The van der Waals surface area contributed by atoms with Crippen molar-refractivity contribution in [3.05, 3.63) is 156 Å². The molecular formula is C51H56N6. The highest BCUT2D eigenvalue weighted by Crippen LogP contribution is 2.54. The Bertz CT molecular complexity index is 2480. The molecule has 1 aliphatic rings. The molecule has 0 unspecified atom stereocenters. The van der Waals surface area contributed by atoms with Crippen LogP contribution in [0.4, 0.5) is 22.7 Å². The van der Waals surface area contributed by atoms with Crippen molar-refractivity contribution in [3.8, 4) is 34.2 Å². The van der Waals surface area contributed by atoms with E-state index in [4.69, 9.17) is 9.97 Å². The van der Waals surface area contributed by atoms with E-state index in [9.17, 15) is 0 Å². The molecule has 0 saturated carbocycles. The predicted molar refractivity (Wildman–Crippen MR) is 239 cm³/mol. The summed E-state index contributed by atoms with van der Waals surface area (Å²) < 4.78 is 4.62. The third kappa shape index (κ3) is 6.55. The summed E-state index contributed by atoms with van der Waals surface area (Å²) in [5, 5.41) is 0. The summed E-state index contributed by atoms with van der Waals surface area (Å²) in [6.07, 6.45) is 8.13. The lowest BCUT2D eigenvalue weighted by molar-refractivity contribution is 0.540. The van der Waals surface area contributed by atoms with E-state index in [0.29, 0.717) is 23.7 Å². The van der Waals surface area contributed by atoms with Crippen LogP contribution >= 0.6 is 0 Å². The molecule has 0 saturated heterocycles. The van der Waals surface area contributed by atoms with Crippen molar-refractivity contribution in [2.75, 3.05) is 9.80 Å². The van der Waals surface area contributed by atoms with Gasteiger partial charge in [0.2, 0.25) is 0 Å². The van der Waals surface area contributed by atoms with E-state index in [1.165, 1.54) is 33.6 Å². The van der Waals surface area contributed by atoms with E-state index in [-0.39, 0.29) is 0 Å². The third-order valence-corrected chi connectivity index (χ3v) is 11.6. The molecule has 0 amide bonds.